The summed E-state index contributed by atoms with van der Waals surface area (Å²) in [6, 6.07) is 10.5. The van der Waals surface area contributed by atoms with Gasteiger partial charge >= 0.3 is 0 Å². The second-order valence-electron chi connectivity index (χ2n) is 5.25. The predicted molar refractivity (Wildman–Crippen MR) is 82.6 cm³/mol. The Hall–Kier alpha value is -2.14. The van der Waals surface area contributed by atoms with Crippen LogP contribution in [0.2, 0.25) is 0 Å². The standard InChI is InChI=1S/C16H20N4O/c1-19-9-10-20(16-7-8-17-12-18-16)11-14(19)13-5-3-4-6-15(13)21-2/h3-8,12,14H,9-11H2,1-2H3/t14-/m1/s1. The topological polar surface area (TPSA) is 41.5 Å². The molecule has 3 rings (SSSR count). The van der Waals surface area contributed by atoms with Gasteiger partial charge in [-0.1, -0.05) is 18.2 Å². The van der Waals surface area contributed by atoms with Crippen LogP contribution in [-0.2, 0) is 0 Å². The van der Waals surface area contributed by atoms with Crippen molar-refractivity contribution in [3.8, 4) is 5.75 Å². The molecule has 0 radical (unpaired) electrons. The van der Waals surface area contributed by atoms with E-state index in [9.17, 15) is 0 Å². The van der Waals surface area contributed by atoms with Crippen LogP contribution in [-0.4, -0.2) is 48.7 Å². The largest absolute Gasteiger partial charge is 0.496 e. The van der Waals surface area contributed by atoms with Crippen LogP contribution in [0.3, 0.4) is 0 Å². The molecule has 1 saturated heterocycles. The molecule has 0 bridgehead atoms. The Bertz CT molecular complexity index is 590. The number of rotatable bonds is 3. The number of anilines is 1. The zero-order valence-corrected chi connectivity index (χ0v) is 12.4. The van der Waals surface area contributed by atoms with Crippen LogP contribution in [0.5, 0.6) is 5.75 Å². The molecule has 1 aromatic carbocycles. The Balaban J connectivity index is 1.87. The van der Waals surface area contributed by atoms with Crippen molar-refractivity contribution in [1.29, 1.82) is 0 Å². The van der Waals surface area contributed by atoms with Crippen molar-refractivity contribution >= 4 is 5.82 Å². The van der Waals surface area contributed by atoms with Crippen molar-refractivity contribution < 1.29 is 4.74 Å². The maximum atomic E-state index is 5.52. The van der Waals surface area contributed by atoms with Gasteiger partial charge in [0.2, 0.25) is 0 Å². The number of piperazine rings is 1. The van der Waals surface area contributed by atoms with E-state index in [-0.39, 0.29) is 0 Å². The van der Waals surface area contributed by atoms with Crippen molar-refractivity contribution in [1.82, 2.24) is 14.9 Å². The number of ether oxygens (including phenoxy) is 1. The summed E-state index contributed by atoms with van der Waals surface area (Å²) < 4.78 is 5.52. The van der Waals surface area contributed by atoms with Crippen molar-refractivity contribution in [3.05, 3.63) is 48.4 Å². The number of methoxy groups -OCH3 is 1. The van der Waals surface area contributed by atoms with Gasteiger partial charge < -0.3 is 9.64 Å². The zero-order chi connectivity index (χ0) is 14.7. The molecule has 1 atom stereocenters. The summed E-state index contributed by atoms with van der Waals surface area (Å²) >= 11 is 0. The third kappa shape index (κ3) is 2.83. The van der Waals surface area contributed by atoms with Gasteiger partial charge in [0.1, 0.15) is 17.9 Å². The highest BCUT2D eigenvalue weighted by Crippen LogP contribution is 2.32. The van der Waals surface area contributed by atoms with Gasteiger partial charge in [-0.25, -0.2) is 9.97 Å². The normalized spacial score (nSPS) is 19.5. The van der Waals surface area contributed by atoms with Crippen LogP contribution >= 0.6 is 0 Å². The van der Waals surface area contributed by atoms with Crippen molar-refractivity contribution in [3.63, 3.8) is 0 Å². The van der Waals surface area contributed by atoms with Gasteiger partial charge in [0.05, 0.1) is 13.2 Å². The molecule has 5 nitrogen and oxygen atoms in total. The number of hydrogen-bond donors (Lipinski definition) is 0. The first-order valence-electron chi connectivity index (χ1n) is 7.13. The van der Waals surface area contributed by atoms with Crippen LogP contribution in [0.25, 0.3) is 0 Å². The summed E-state index contributed by atoms with van der Waals surface area (Å²) in [7, 11) is 3.89. The number of hydrogen-bond acceptors (Lipinski definition) is 5. The molecule has 1 aliphatic rings. The highest BCUT2D eigenvalue weighted by atomic mass is 16.5. The van der Waals surface area contributed by atoms with E-state index in [0.29, 0.717) is 6.04 Å². The number of nitrogens with zero attached hydrogens (tertiary/aromatic N) is 4. The van der Waals surface area contributed by atoms with Crippen molar-refractivity contribution in [2.24, 2.45) is 0 Å². The lowest BCUT2D eigenvalue weighted by atomic mass is 10.0. The Kier molecular flexibility index (Phi) is 4.01. The molecule has 110 valence electrons. The van der Waals surface area contributed by atoms with Gasteiger partial charge in [-0.05, 0) is 19.2 Å². The first kappa shape index (κ1) is 13.8. The molecule has 2 heterocycles. The first-order valence-corrected chi connectivity index (χ1v) is 7.13. The molecule has 1 fully saturated rings. The van der Waals surface area contributed by atoms with Crippen LogP contribution in [0.4, 0.5) is 5.82 Å². The van der Waals surface area contributed by atoms with E-state index in [1.807, 2.05) is 18.2 Å². The van der Waals surface area contributed by atoms with Gasteiger partial charge in [-0.15, -0.1) is 0 Å². The van der Waals surface area contributed by atoms with E-state index in [0.717, 1.165) is 31.2 Å². The molecule has 0 amide bonds. The van der Waals surface area contributed by atoms with Crippen LogP contribution in [0.1, 0.15) is 11.6 Å². The lowest BCUT2D eigenvalue weighted by Crippen LogP contribution is -2.47. The van der Waals surface area contributed by atoms with E-state index in [1.54, 1.807) is 19.6 Å². The fourth-order valence-electron chi connectivity index (χ4n) is 2.83. The highest BCUT2D eigenvalue weighted by Gasteiger charge is 2.28. The fraction of sp³-hybridized carbons (Fsp3) is 0.375. The molecular formula is C16H20N4O. The summed E-state index contributed by atoms with van der Waals surface area (Å²) in [5.41, 5.74) is 1.22. The SMILES string of the molecule is COc1ccccc1[C@H]1CN(c2ccncn2)CCN1C. The monoisotopic (exact) mass is 284 g/mol. The second-order valence-corrected chi connectivity index (χ2v) is 5.25. The molecule has 0 spiro atoms. The molecule has 2 aromatic rings. The molecule has 5 heteroatoms. The number of para-hydroxylation sites is 1. The van der Waals surface area contributed by atoms with Gasteiger partial charge in [0.25, 0.3) is 0 Å². The minimum atomic E-state index is 0.296. The number of aromatic nitrogens is 2. The predicted octanol–water partition coefficient (Wildman–Crippen LogP) is 1.98. The fourth-order valence-corrected chi connectivity index (χ4v) is 2.83. The highest BCUT2D eigenvalue weighted by molar-refractivity contribution is 5.42. The van der Waals surface area contributed by atoms with Crippen LogP contribution in [0.15, 0.2) is 42.9 Å². The smallest absolute Gasteiger partial charge is 0.132 e. The lowest BCUT2D eigenvalue weighted by Gasteiger charge is -2.40. The van der Waals surface area contributed by atoms with Gasteiger partial charge in [0, 0.05) is 31.4 Å². The molecule has 0 aliphatic carbocycles. The molecule has 1 aromatic heterocycles. The summed E-state index contributed by atoms with van der Waals surface area (Å²) in [6.45, 7) is 2.86. The van der Waals surface area contributed by atoms with Gasteiger partial charge in [-0.3, -0.25) is 4.90 Å². The van der Waals surface area contributed by atoms with E-state index in [2.05, 4.69) is 38.9 Å². The number of benzene rings is 1. The molecule has 0 N–H and O–H groups in total. The summed E-state index contributed by atoms with van der Waals surface area (Å²) in [5.74, 6) is 1.93. The second kappa shape index (κ2) is 6.10. The zero-order valence-electron chi connectivity index (χ0n) is 12.4. The van der Waals surface area contributed by atoms with E-state index in [4.69, 9.17) is 4.74 Å². The van der Waals surface area contributed by atoms with Crippen LogP contribution < -0.4 is 9.64 Å². The van der Waals surface area contributed by atoms with Gasteiger partial charge in [-0.2, -0.15) is 0 Å². The lowest BCUT2D eigenvalue weighted by molar-refractivity contribution is 0.216. The molecule has 21 heavy (non-hydrogen) atoms. The number of likely N-dealkylation sites (N-methyl/N-ethyl adjacent to an activating group) is 1. The quantitative estimate of drug-likeness (QED) is 0.862. The van der Waals surface area contributed by atoms with E-state index >= 15 is 0 Å². The Morgan fingerprint density at radius 1 is 1.19 bits per heavy atom. The molecule has 0 unspecified atom stereocenters. The maximum Gasteiger partial charge on any atom is 0.132 e. The summed E-state index contributed by atoms with van der Waals surface area (Å²) in [4.78, 5) is 13.0. The average molecular weight is 284 g/mol. The third-order valence-electron chi connectivity index (χ3n) is 4.04. The van der Waals surface area contributed by atoms with Crippen LogP contribution in [0, 0.1) is 0 Å². The average Bonchev–Trinajstić information content (AvgIpc) is 2.56. The Morgan fingerprint density at radius 2 is 2.05 bits per heavy atom. The molecule has 1 aliphatic heterocycles. The summed E-state index contributed by atoms with van der Waals surface area (Å²) in [5, 5.41) is 0. The van der Waals surface area contributed by atoms with E-state index < -0.39 is 0 Å². The molecule has 0 saturated carbocycles. The first-order chi connectivity index (χ1) is 10.3. The Morgan fingerprint density at radius 3 is 2.81 bits per heavy atom. The maximum absolute atomic E-state index is 5.52. The molecular weight excluding hydrogens is 264 g/mol. The summed E-state index contributed by atoms with van der Waals surface area (Å²) in [6.07, 6.45) is 3.39. The van der Waals surface area contributed by atoms with Crippen molar-refractivity contribution in [2.75, 3.05) is 38.7 Å². The Labute approximate surface area is 125 Å². The minimum absolute atomic E-state index is 0.296. The van der Waals surface area contributed by atoms with E-state index in [1.165, 1.54) is 5.56 Å². The minimum Gasteiger partial charge on any atom is -0.496 e. The third-order valence-corrected chi connectivity index (χ3v) is 4.04. The van der Waals surface area contributed by atoms with Gasteiger partial charge in [0.15, 0.2) is 0 Å². The van der Waals surface area contributed by atoms with Crippen molar-refractivity contribution in [2.45, 2.75) is 6.04 Å².